The molecule has 0 aliphatic heterocycles. The van der Waals surface area contributed by atoms with Crippen molar-refractivity contribution >= 4 is 5.91 Å². The number of hydrogen-bond acceptors (Lipinski definition) is 9. The van der Waals surface area contributed by atoms with Gasteiger partial charge in [-0.15, -0.1) is 0 Å². The van der Waals surface area contributed by atoms with E-state index in [1.54, 1.807) is 30.3 Å². The van der Waals surface area contributed by atoms with E-state index in [9.17, 15) is 30.3 Å². The van der Waals surface area contributed by atoms with Crippen LogP contribution in [0.1, 0.15) is 27.8 Å². The maximum Gasteiger partial charge on any atom is 0.251 e. The molecule has 0 saturated carbocycles. The molecule has 0 bridgehead atoms. The lowest BCUT2D eigenvalue weighted by Gasteiger charge is -2.23. The molecule has 5 atom stereocenters. The molecular formula is C19H25N3O7. The van der Waals surface area contributed by atoms with Crippen molar-refractivity contribution < 1.29 is 35.4 Å². The van der Waals surface area contributed by atoms with E-state index in [1.807, 2.05) is 0 Å². The van der Waals surface area contributed by atoms with E-state index >= 15 is 0 Å². The van der Waals surface area contributed by atoms with Crippen LogP contribution in [0.15, 0.2) is 42.7 Å². The molecule has 1 heterocycles. The molecule has 1 amide bonds. The Balaban J connectivity index is 2.08. The van der Waals surface area contributed by atoms with Crippen molar-refractivity contribution in [3.05, 3.63) is 59.7 Å². The number of aliphatic hydroxyl groups excluding tert-OH is 6. The molecule has 1 aromatic heterocycles. The van der Waals surface area contributed by atoms with Crippen LogP contribution in [0.3, 0.4) is 0 Å². The van der Waals surface area contributed by atoms with Crippen LogP contribution in [0.2, 0.25) is 0 Å². The maximum absolute atomic E-state index is 12.3. The maximum atomic E-state index is 12.3. The Morgan fingerprint density at radius 2 is 1.59 bits per heavy atom. The second-order valence-electron chi connectivity index (χ2n) is 6.52. The Labute approximate surface area is 167 Å². The van der Waals surface area contributed by atoms with E-state index in [4.69, 9.17) is 5.11 Å². The number of rotatable bonds is 10. The molecular weight excluding hydrogens is 382 g/mol. The number of aliphatic hydroxyl groups is 6. The van der Waals surface area contributed by atoms with Crippen molar-refractivity contribution in [2.24, 2.45) is 0 Å². The second-order valence-corrected chi connectivity index (χ2v) is 6.52. The van der Waals surface area contributed by atoms with Gasteiger partial charge < -0.3 is 36.0 Å². The largest absolute Gasteiger partial charge is 0.394 e. The van der Waals surface area contributed by atoms with Crippen molar-refractivity contribution in [1.82, 2.24) is 15.3 Å². The summed E-state index contributed by atoms with van der Waals surface area (Å²) in [6.07, 6.45) is -3.48. The van der Waals surface area contributed by atoms with Gasteiger partial charge in [0.1, 0.15) is 18.3 Å². The lowest BCUT2D eigenvalue weighted by Crippen LogP contribution is -2.46. The zero-order valence-electron chi connectivity index (χ0n) is 15.5. The van der Waals surface area contributed by atoms with Crippen molar-refractivity contribution in [2.45, 2.75) is 36.9 Å². The highest BCUT2D eigenvalue weighted by atomic mass is 16.4. The molecule has 0 spiro atoms. The Hall–Kier alpha value is -2.47. The quantitative estimate of drug-likeness (QED) is 0.233. The van der Waals surface area contributed by atoms with Gasteiger partial charge in [-0.25, -0.2) is 0 Å². The van der Waals surface area contributed by atoms with Crippen LogP contribution < -0.4 is 5.32 Å². The molecule has 0 fully saturated rings. The Morgan fingerprint density at radius 1 is 0.931 bits per heavy atom. The number of carbonyl (C=O) groups excluding carboxylic acids is 1. The van der Waals surface area contributed by atoms with Crippen LogP contribution in [0.25, 0.3) is 0 Å². The van der Waals surface area contributed by atoms with Crippen LogP contribution in [0.5, 0.6) is 0 Å². The predicted octanol–water partition coefficient (Wildman–Crippen LogP) is -2.08. The van der Waals surface area contributed by atoms with E-state index in [0.717, 1.165) is 0 Å². The van der Waals surface area contributed by atoms with Crippen LogP contribution >= 0.6 is 0 Å². The number of carbonyl (C=O) groups is 1. The monoisotopic (exact) mass is 407 g/mol. The zero-order valence-corrected chi connectivity index (χ0v) is 15.5. The summed E-state index contributed by atoms with van der Waals surface area (Å²) >= 11 is 0. The van der Waals surface area contributed by atoms with E-state index in [1.165, 1.54) is 12.4 Å². The van der Waals surface area contributed by atoms with Crippen LogP contribution in [-0.2, 0) is 6.42 Å². The van der Waals surface area contributed by atoms with Crippen molar-refractivity contribution in [3.8, 4) is 0 Å². The number of aromatic nitrogens is 2. The summed E-state index contributed by atoms with van der Waals surface area (Å²) in [7, 11) is 0. The van der Waals surface area contributed by atoms with Gasteiger partial charge in [0.2, 0.25) is 0 Å². The van der Waals surface area contributed by atoms with Crippen LogP contribution in [0, 0.1) is 0 Å². The molecule has 0 radical (unpaired) electrons. The van der Waals surface area contributed by atoms with Gasteiger partial charge in [-0.1, -0.05) is 18.2 Å². The van der Waals surface area contributed by atoms with Gasteiger partial charge in [0, 0.05) is 18.2 Å². The average Bonchev–Trinajstić information content (AvgIpc) is 2.77. The fourth-order valence-electron chi connectivity index (χ4n) is 2.59. The molecule has 158 valence electrons. The van der Waals surface area contributed by atoms with E-state index in [-0.39, 0.29) is 12.1 Å². The minimum atomic E-state index is -1.64. The third-order valence-corrected chi connectivity index (χ3v) is 4.37. The molecule has 1 aromatic carbocycles. The van der Waals surface area contributed by atoms with Gasteiger partial charge in [-0.3, -0.25) is 14.8 Å². The Bertz CT molecular complexity index is 760. The predicted molar refractivity (Wildman–Crippen MR) is 101 cm³/mol. The lowest BCUT2D eigenvalue weighted by molar-refractivity contribution is -0.0790. The molecule has 10 nitrogen and oxygen atoms in total. The number of amides is 1. The summed E-state index contributed by atoms with van der Waals surface area (Å²) in [4.78, 5) is 20.4. The van der Waals surface area contributed by atoms with E-state index in [0.29, 0.717) is 11.3 Å². The number of nitrogens with one attached hydrogen (secondary N) is 1. The third-order valence-electron chi connectivity index (χ3n) is 4.37. The van der Waals surface area contributed by atoms with Gasteiger partial charge >= 0.3 is 0 Å². The molecule has 2 aromatic rings. The highest BCUT2D eigenvalue weighted by Crippen LogP contribution is 2.17. The molecule has 0 saturated heterocycles. The summed E-state index contributed by atoms with van der Waals surface area (Å²) in [5.74, 6) is -0.427. The van der Waals surface area contributed by atoms with Gasteiger partial charge in [-0.05, 0) is 12.1 Å². The number of benzene rings is 1. The van der Waals surface area contributed by atoms with E-state index in [2.05, 4.69) is 15.3 Å². The summed E-state index contributed by atoms with van der Waals surface area (Å²) in [5.41, 5.74) is 0.717. The SMILES string of the molecule is O=C(N[C@@H](Cc1cnc([C@@H](O)[C@H](O)[C@H](O)CO)cn1)[C@H](O)CO)c1ccccc1. The van der Waals surface area contributed by atoms with Crippen LogP contribution in [0.4, 0.5) is 0 Å². The number of nitrogens with zero attached hydrogens (tertiary/aromatic N) is 2. The first-order valence-corrected chi connectivity index (χ1v) is 8.98. The first kappa shape index (κ1) is 22.8. The van der Waals surface area contributed by atoms with Gasteiger partial charge in [-0.2, -0.15) is 0 Å². The normalized spacial score (nSPS) is 16.5. The first-order valence-electron chi connectivity index (χ1n) is 8.98. The summed E-state index contributed by atoms with van der Waals surface area (Å²) < 4.78 is 0. The molecule has 7 N–H and O–H groups in total. The summed E-state index contributed by atoms with van der Waals surface area (Å²) in [5, 5.41) is 59.9. The molecule has 2 rings (SSSR count). The highest BCUT2D eigenvalue weighted by Gasteiger charge is 2.27. The molecule has 0 aliphatic carbocycles. The van der Waals surface area contributed by atoms with Gasteiger partial charge in [0.15, 0.2) is 0 Å². The lowest BCUT2D eigenvalue weighted by atomic mass is 10.0. The molecule has 10 heteroatoms. The fourth-order valence-corrected chi connectivity index (χ4v) is 2.59. The zero-order chi connectivity index (χ0) is 21.4. The fraction of sp³-hybridized carbons (Fsp3) is 0.421. The minimum Gasteiger partial charge on any atom is -0.394 e. The second kappa shape index (κ2) is 10.9. The van der Waals surface area contributed by atoms with Crippen molar-refractivity contribution in [3.63, 3.8) is 0 Å². The first-order chi connectivity index (χ1) is 13.9. The average molecular weight is 407 g/mol. The Kier molecular flexibility index (Phi) is 8.58. The Morgan fingerprint density at radius 3 is 2.14 bits per heavy atom. The molecule has 29 heavy (non-hydrogen) atoms. The standard InChI is InChI=1S/C19H25N3O7/c23-9-15(25)13(22-19(29)11-4-2-1-3-5-11)6-12-7-21-14(8-20-12)17(27)18(28)16(26)10-24/h1-5,7-8,13,15-18,23-28H,6,9-10H2,(H,22,29)/t13-,15+,16+,17+,18+/m0/s1. The van der Waals surface area contributed by atoms with Crippen LogP contribution in [-0.4, -0.2) is 84.1 Å². The van der Waals surface area contributed by atoms with E-state index < -0.39 is 49.6 Å². The minimum absolute atomic E-state index is 0.0265. The molecule has 0 unspecified atom stereocenters. The molecule has 0 aliphatic rings. The van der Waals surface area contributed by atoms with Crippen molar-refractivity contribution in [2.75, 3.05) is 13.2 Å². The summed E-state index contributed by atoms with van der Waals surface area (Å²) in [6, 6.07) is 7.53. The topological polar surface area (TPSA) is 176 Å². The van der Waals surface area contributed by atoms with Gasteiger partial charge in [0.25, 0.3) is 5.91 Å². The smallest absolute Gasteiger partial charge is 0.251 e. The highest BCUT2D eigenvalue weighted by molar-refractivity contribution is 5.94. The van der Waals surface area contributed by atoms with Gasteiger partial charge in [0.05, 0.1) is 42.9 Å². The number of hydrogen-bond donors (Lipinski definition) is 7. The third kappa shape index (κ3) is 6.26. The van der Waals surface area contributed by atoms with Crippen molar-refractivity contribution in [1.29, 1.82) is 0 Å². The summed E-state index contributed by atoms with van der Waals surface area (Å²) in [6.45, 7) is -1.30.